The van der Waals surface area contributed by atoms with Crippen LogP contribution in [0.3, 0.4) is 0 Å². The number of fused-ring (bicyclic) bond motifs is 1. The Hall–Kier alpha value is -2.80. The summed E-state index contributed by atoms with van der Waals surface area (Å²) in [6.45, 7) is -0.126. The van der Waals surface area contributed by atoms with Crippen molar-refractivity contribution < 1.29 is 13.9 Å². The Morgan fingerprint density at radius 2 is 2.04 bits per heavy atom. The van der Waals surface area contributed by atoms with Gasteiger partial charge in [-0.1, -0.05) is 28.1 Å². The Bertz CT molecular complexity index is 976. The van der Waals surface area contributed by atoms with Crippen LogP contribution in [-0.2, 0) is 16.1 Å². The summed E-state index contributed by atoms with van der Waals surface area (Å²) in [6, 6.07) is 11.7. The number of aromatic nitrogens is 2. The van der Waals surface area contributed by atoms with Crippen molar-refractivity contribution in [1.82, 2.24) is 9.97 Å². The van der Waals surface area contributed by atoms with Gasteiger partial charge in [-0.2, -0.15) is 0 Å². The van der Waals surface area contributed by atoms with E-state index in [1.165, 1.54) is 12.1 Å². The molecule has 0 unspecified atom stereocenters. The average Bonchev–Trinajstić information content (AvgIpc) is 2.61. The predicted octanol–water partition coefficient (Wildman–Crippen LogP) is 3.87. The zero-order valence-electron chi connectivity index (χ0n) is 12.9. The maximum atomic E-state index is 13.6. The summed E-state index contributed by atoms with van der Waals surface area (Å²) in [6.07, 6.45) is 2.49. The van der Waals surface area contributed by atoms with Crippen molar-refractivity contribution >= 4 is 44.7 Å². The summed E-state index contributed by atoms with van der Waals surface area (Å²) >= 11 is 3.25. The molecule has 126 valence electrons. The number of nitrogens with two attached hydrogens (primary N) is 1. The lowest BCUT2D eigenvalue weighted by atomic mass is 10.2. The smallest absolute Gasteiger partial charge is 0.331 e. The Labute approximate surface area is 151 Å². The van der Waals surface area contributed by atoms with Gasteiger partial charge in [-0.15, -0.1) is 0 Å². The Balaban J connectivity index is 1.68. The first kappa shape index (κ1) is 17.0. The molecule has 0 aliphatic heterocycles. The van der Waals surface area contributed by atoms with Crippen LogP contribution < -0.4 is 5.73 Å². The van der Waals surface area contributed by atoms with E-state index in [9.17, 15) is 9.18 Å². The van der Waals surface area contributed by atoms with Gasteiger partial charge in [-0.25, -0.2) is 19.2 Å². The fourth-order valence-corrected chi connectivity index (χ4v) is 2.58. The first-order chi connectivity index (χ1) is 12.0. The largest absolute Gasteiger partial charge is 0.454 e. The van der Waals surface area contributed by atoms with E-state index in [2.05, 4.69) is 25.9 Å². The van der Waals surface area contributed by atoms with E-state index in [1.54, 1.807) is 18.2 Å². The summed E-state index contributed by atoms with van der Waals surface area (Å²) in [5, 5.41) is 0.739. The number of nitrogen functional groups attached to an aromatic ring is 1. The molecule has 0 aliphatic carbocycles. The van der Waals surface area contributed by atoms with Crippen LogP contribution in [0.25, 0.3) is 17.0 Å². The van der Waals surface area contributed by atoms with Crippen molar-refractivity contribution in [3.63, 3.8) is 0 Å². The molecular weight excluding hydrogens is 389 g/mol. The first-order valence-corrected chi connectivity index (χ1v) is 8.13. The Morgan fingerprint density at radius 3 is 2.88 bits per heavy atom. The van der Waals surface area contributed by atoms with Gasteiger partial charge < -0.3 is 10.5 Å². The molecule has 7 heteroatoms. The summed E-state index contributed by atoms with van der Waals surface area (Å²) in [5.74, 6) is -0.442. The minimum atomic E-state index is -0.630. The van der Waals surface area contributed by atoms with Gasteiger partial charge in [0, 0.05) is 21.5 Å². The molecule has 1 heterocycles. The molecule has 0 fully saturated rings. The quantitative estimate of drug-likeness (QED) is 0.530. The van der Waals surface area contributed by atoms with E-state index in [0.29, 0.717) is 21.6 Å². The van der Waals surface area contributed by atoms with Gasteiger partial charge in [0.05, 0.1) is 5.52 Å². The molecule has 0 radical (unpaired) electrons. The molecule has 2 aromatic carbocycles. The lowest BCUT2D eigenvalue weighted by Crippen LogP contribution is -2.06. The topological polar surface area (TPSA) is 78.1 Å². The van der Waals surface area contributed by atoms with Gasteiger partial charge in [0.25, 0.3) is 0 Å². The van der Waals surface area contributed by atoms with Crippen molar-refractivity contribution in [2.24, 2.45) is 0 Å². The van der Waals surface area contributed by atoms with Crippen molar-refractivity contribution in [2.75, 3.05) is 5.73 Å². The number of hydrogen-bond acceptors (Lipinski definition) is 5. The number of rotatable bonds is 4. The molecule has 2 N–H and O–H groups in total. The molecule has 3 aromatic rings. The van der Waals surface area contributed by atoms with Crippen LogP contribution >= 0.6 is 15.9 Å². The highest BCUT2D eigenvalue weighted by Crippen LogP contribution is 2.18. The van der Waals surface area contributed by atoms with Gasteiger partial charge in [0.2, 0.25) is 0 Å². The second kappa shape index (κ2) is 7.40. The molecule has 0 amide bonds. The predicted molar refractivity (Wildman–Crippen MR) is 96.9 cm³/mol. The van der Waals surface area contributed by atoms with Crippen LogP contribution in [-0.4, -0.2) is 15.9 Å². The molecule has 0 bridgehead atoms. The maximum absolute atomic E-state index is 13.6. The van der Waals surface area contributed by atoms with Crippen molar-refractivity contribution in [2.45, 2.75) is 6.61 Å². The number of anilines is 1. The van der Waals surface area contributed by atoms with Crippen LogP contribution in [0.5, 0.6) is 0 Å². The van der Waals surface area contributed by atoms with Crippen LogP contribution in [0, 0.1) is 5.82 Å². The summed E-state index contributed by atoms with van der Waals surface area (Å²) in [5.41, 5.74) is 6.83. The minimum Gasteiger partial charge on any atom is -0.454 e. The summed E-state index contributed by atoms with van der Waals surface area (Å²) in [7, 11) is 0. The fraction of sp³-hybridized carbons (Fsp3) is 0.0556. The van der Waals surface area contributed by atoms with Crippen LogP contribution in [0.2, 0.25) is 0 Å². The normalized spacial score (nSPS) is 11.1. The number of halogens is 2. The van der Waals surface area contributed by atoms with E-state index in [0.717, 1.165) is 11.5 Å². The number of carbonyl (C=O) groups is 1. The molecule has 5 nitrogen and oxygen atoms in total. The second-order valence-corrected chi connectivity index (χ2v) is 6.06. The van der Waals surface area contributed by atoms with Crippen LogP contribution in [0.1, 0.15) is 11.4 Å². The third-order valence-electron chi connectivity index (χ3n) is 3.38. The third-order valence-corrected chi connectivity index (χ3v) is 3.87. The van der Waals surface area contributed by atoms with Crippen LogP contribution in [0.4, 0.5) is 10.2 Å². The van der Waals surface area contributed by atoms with Crippen molar-refractivity contribution in [1.29, 1.82) is 0 Å². The second-order valence-electron chi connectivity index (χ2n) is 5.15. The summed E-state index contributed by atoms with van der Waals surface area (Å²) in [4.78, 5) is 20.2. The van der Waals surface area contributed by atoms with Gasteiger partial charge in [-0.05, 0) is 36.4 Å². The van der Waals surface area contributed by atoms with Gasteiger partial charge >= 0.3 is 5.97 Å². The summed E-state index contributed by atoms with van der Waals surface area (Å²) < 4.78 is 19.4. The maximum Gasteiger partial charge on any atom is 0.331 e. The molecule has 0 aliphatic rings. The van der Waals surface area contributed by atoms with E-state index in [-0.39, 0.29) is 12.2 Å². The number of benzene rings is 2. The number of hydrogen-bond donors (Lipinski definition) is 1. The lowest BCUT2D eigenvalue weighted by molar-refractivity contribution is -0.139. The number of nitrogens with zero attached hydrogens (tertiary/aromatic N) is 2. The highest BCUT2D eigenvalue weighted by Gasteiger charge is 2.07. The molecule has 0 spiro atoms. The average molecular weight is 402 g/mol. The molecule has 1 aromatic heterocycles. The third kappa shape index (κ3) is 4.19. The van der Waals surface area contributed by atoms with Gasteiger partial charge in [0.15, 0.2) is 12.4 Å². The molecule has 3 rings (SSSR count). The Morgan fingerprint density at radius 1 is 1.24 bits per heavy atom. The highest BCUT2D eigenvalue weighted by molar-refractivity contribution is 9.10. The first-order valence-electron chi connectivity index (χ1n) is 7.34. The monoisotopic (exact) mass is 401 g/mol. The van der Waals surface area contributed by atoms with Crippen LogP contribution in [0.15, 0.2) is 53.0 Å². The van der Waals surface area contributed by atoms with E-state index < -0.39 is 11.8 Å². The lowest BCUT2D eigenvalue weighted by Gasteiger charge is -2.05. The molecule has 0 saturated carbocycles. The molecule has 0 saturated heterocycles. The van der Waals surface area contributed by atoms with Crippen molar-refractivity contribution in [3.8, 4) is 0 Å². The zero-order chi connectivity index (χ0) is 17.8. The minimum absolute atomic E-state index is 0.126. The number of carbonyl (C=O) groups excluding carboxylic acids is 1. The SMILES string of the molecule is Nc1nc(COC(=O)/C=C/c2cc(Br)ccc2F)nc2ccccc12. The highest BCUT2D eigenvalue weighted by atomic mass is 79.9. The Kier molecular flexibility index (Phi) is 5.04. The van der Waals surface area contributed by atoms with E-state index in [4.69, 9.17) is 10.5 Å². The number of esters is 1. The molecule has 0 atom stereocenters. The standard InChI is InChI=1S/C18H13BrFN3O2/c19-12-6-7-14(20)11(9-12)5-8-17(24)25-10-16-22-15-4-2-1-3-13(15)18(21)23-16/h1-9H,10H2,(H2,21,22,23)/b8-5+. The molecule has 25 heavy (non-hydrogen) atoms. The van der Waals surface area contributed by atoms with Crippen molar-refractivity contribution in [3.05, 3.63) is 70.2 Å². The fourth-order valence-electron chi connectivity index (χ4n) is 2.20. The van der Waals surface area contributed by atoms with Gasteiger partial charge in [-0.3, -0.25) is 0 Å². The zero-order valence-corrected chi connectivity index (χ0v) is 14.5. The molecular formula is C18H13BrFN3O2. The van der Waals surface area contributed by atoms with E-state index >= 15 is 0 Å². The number of ether oxygens (including phenoxy) is 1. The van der Waals surface area contributed by atoms with E-state index in [1.807, 2.05) is 18.2 Å². The van der Waals surface area contributed by atoms with Gasteiger partial charge in [0.1, 0.15) is 11.6 Å². The number of para-hydroxylation sites is 1.